The van der Waals surface area contributed by atoms with Gasteiger partial charge in [0.05, 0.1) is 6.10 Å². The third kappa shape index (κ3) is 3.18. The van der Waals surface area contributed by atoms with Crippen molar-refractivity contribution in [3.63, 3.8) is 0 Å². The molecule has 4 heteroatoms. The maximum absolute atomic E-state index is 13.3. The van der Waals surface area contributed by atoms with Crippen LogP contribution in [0.25, 0.3) is 0 Å². The third-order valence-corrected chi connectivity index (χ3v) is 2.31. The van der Waals surface area contributed by atoms with Crippen molar-refractivity contribution in [3.05, 3.63) is 29.6 Å². The van der Waals surface area contributed by atoms with Crippen LogP contribution in [-0.2, 0) is 11.3 Å². The van der Waals surface area contributed by atoms with Gasteiger partial charge in [-0.2, -0.15) is 0 Å². The normalized spacial score (nSPS) is 12.5. The molecule has 0 radical (unpaired) electrons. The zero-order chi connectivity index (χ0) is 11.3. The van der Waals surface area contributed by atoms with Gasteiger partial charge < -0.3 is 15.8 Å². The fraction of sp³-hybridized carbons (Fsp3) is 0.455. The monoisotopic (exact) mass is 212 g/mol. The molecule has 0 saturated carbocycles. The van der Waals surface area contributed by atoms with Crippen LogP contribution in [0.15, 0.2) is 18.2 Å². The summed E-state index contributed by atoms with van der Waals surface area (Å²) in [4.78, 5) is 0. The average Bonchev–Trinajstić information content (AvgIpc) is 2.25. The standard InChI is InChI=1S/C11H17FN2O/c1-8(15-2)7-14-11-5-3-4-10(12)9(11)6-13/h3-5,8,14H,6-7,13H2,1-2H3. The van der Waals surface area contributed by atoms with Crippen molar-refractivity contribution < 1.29 is 9.13 Å². The predicted octanol–water partition coefficient (Wildman–Crippen LogP) is 1.73. The van der Waals surface area contributed by atoms with Gasteiger partial charge in [-0.25, -0.2) is 4.39 Å². The molecular formula is C11H17FN2O. The van der Waals surface area contributed by atoms with Crippen LogP contribution in [-0.4, -0.2) is 19.8 Å². The largest absolute Gasteiger partial charge is 0.382 e. The molecule has 0 saturated heterocycles. The van der Waals surface area contributed by atoms with Crippen LogP contribution in [0.5, 0.6) is 0 Å². The molecule has 0 fully saturated rings. The average molecular weight is 212 g/mol. The van der Waals surface area contributed by atoms with Crippen LogP contribution in [0.2, 0.25) is 0 Å². The first kappa shape index (κ1) is 11.9. The van der Waals surface area contributed by atoms with Gasteiger partial charge in [-0.15, -0.1) is 0 Å². The molecule has 0 bridgehead atoms. The maximum Gasteiger partial charge on any atom is 0.129 e. The number of halogens is 1. The highest BCUT2D eigenvalue weighted by Crippen LogP contribution is 2.18. The topological polar surface area (TPSA) is 47.3 Å². The molecule has 3 nitrogen and oxygen atoms in total. The fourth-order valence-electron chi connectivity index (χ4n) is 1.27. The lowest BCUT2D eigenvalue weighted by molar-refractivity contribution is 0.129. The molecule has 0 aromatic heterocycles. The smallest absolute Gasteiger partial charge is 0.129 e. The summed E-state index contributed by atoms with van der Waals surface area (Å²) in [6, 6.07) is 4.88. The molecule has 0 amide bonds. The minimum Gasteiger partial charge on any atom is -0.382 e. The van der Waals surface area contributed by atoms with E-state index in [1.165, 1.54) is 6.07 Å². The zero-order valence-corrected chi connectivity index (χ0v) is 9.09. The highest BCUT2D eigenvalue weighted by Gasteiger charge is 2.07. The van der Waals surface area contributed by atoms with Gasteiger partial charge in [0.1, 0.15) is 5.82 Å². The molecular weight excluding hydrogens is 195 g/mol. The lowest BCUT2D eigenvalue weighted by Crippen LogP contribution is -2.19. The summed E-state index contributed by atoms with van der Waals surface area (Å²) >= 11 is 0. The van der Waals surface area contributed by atoms with Crippen LogP contribution in [0, 0.1) is 5.82 Å². The molecule has 3 N–H and O–H groups in total. The molecule has 1 aromatic rings. The van der Waals surface area contributed by atoms with Gasteiger partial charge in [0.25, 0.3) is 0 Å². The van der Waals surface area contributed by atoms with Crippen molar-refractivity contribution in [2.45, 2.75) is 19.6 Å². The Labute approximate surface area is 89.4 Å². The van der Waals surface area contributed by atoms with E-state index >= 15 is 0 Å². The summed E-state index contributed by atoms with van der Waals surface area (Å²) in [6.45, 7) is 2.76. The minimum atomic E-state index is -0.271. The summed E-state index contributed by atoms with van der Waals surface area (Å²) in [5.74, 6) is -0.271. The summed E-state index contributed by atoms with van der Waals surface area (Å²) in [6.07, 6.45) is 0.0823. The Hall–Kier alpha value is -1.13. The second-order valence-corrected chi connectivity index (χ2v) is 3.40. The molecule has 1 aromatic carbocycles. The Morgan fingerprint density at radius 2 is 2.27 bits per heavy atom. The van der Waals surface area contributed by atoms with Crippen LogP contribution >= 0.6 is 0 Å². The van der Waals surface area contributed by atoms with Gasteiger partial charge in [-0.3, -0.25) is 0 Å². The Bertz CT molecular complexity index is 317. The number of ether oxygens (including phenoxy) is 1. The highest BCUT2D eigenvalue weighted by atomic mass is 19.1. The van der Waals surface area contributed by atoms with Crippen molar-refractivity contribution in [1.82, 2.24) is 0 Å². The maximum atomic E-state index is 13.3. The minimum absolute atomic E-state index is 0.0823. The molecule has 1 rings (SSSR count). The molecule has 1 atom stereocenters. The second-order valence-electron chi connectivity index (χ2n) is 3.40. The Kier molecular flexibility index (Phi) is 4.52. The third-order valence-electron chi connectivity index (χ3n) is 2.31. The van der Waals surface area contributed by atoms with E-state index < -0.39 is 0 Å². The summed E-state index contributed by atoms with van der Waals surface area (Å²) < 4.78 is 18.4. The number of nitrogens with one attached hydrogen (secondary N) is 1. The van der Waals surface area contributed by atoms with E-state index in [4.69, 9.17) is 10.5 Å². The molecule has 0 aliphatic carbocycles. The van der Waals surface area contributed by atoms with Gasteiger partial charge in [-0.05, 0) is 19.1 Å². The van der Waals surface area contributed by atoms with Gasteiger partial charge in [0.15, 0.2) is 0 Å². The van der Waals surface area contributed by atoms with Gasteiger partial charge >= 0.3 is 0 Å². The number of hydrogen-bond donors (Lipinski definition) is 2. The van der Waals surface area contributed by atoms with Crippen LogP contribution in [0.1, 0.15) is 12.5 Å². The van der Waals surface area contributed by atoms with E-state index in [1.807, 2.05) is 13.0 Å². The molecule has 84 valence electrons. The number of methoxy groups -OCH3 is 1. The van der Waals surface area contributed by atoms with Crippen molar-refractivity contribution in [1.29, 1.82) is 0 Å². The fourth-order valence-corrected chi connectivity index (χ4v) is 1.27. The number of hydrogen-bond acceptors (Lipinski definition) is 3. The van der Waals surface area contributed by atoms with Crippen molar-refractivity contribution in [2.75, 3.05) is 19.0 Å². The van der Waals surface area contributed by atoms with Crippen LogP contribution in [0.4, 0.5) is 10.1 Å². The number of rotatable bonds is 5. The molecule has 15 heavy (non-hydrogen) atoms. The van der Waals surface area contributed by atoms with E-state index in [0.29, 0.717) is 12.1 Å². The zero-order valence-electron chi connectivity index (χ0n) is 9.09. The Morgan fingerprint density at radius 1 is 1.53 bits per heavy atom. The van der Waals surface area contributed by atoms with E-state index in [2.05, 4.69) is 5.32 Å². The number of anilines is 1. The summed E-state index contributed by atoms with van der Waals surface area (Å²) in [5.41, 5.74) is 6.73. The molecule has 0 spiro atoms. The molecule has 0 heterocycles. The Morgan fingerprint density at radius 3 is 2.87 bits per heavy atom. The number of benzene rings is 1. The van der Waals surface area contributed by atoms with E-state index in [9.17, 15) is 4.39 Å². The van der Waals surface area contributed by atoms with Gasteiger partial charge in [-0.1, -0.05) is 6.07 Å². The first-order valence-electron chi connectivity index (χ1n) is 4.93. The first-order chi connectivity index (χ1) is 7.19. The highest BCUT2D eigenvalue weighted by molar-refractivity contribution is 5.51. The van der Waals surface area contributed by atoms with Gasteiger partial charge in [0.2, 0.25) is 0 Å². The SMILES string of the molecule is COC(C)CNc1cccc(F)c1CN. The van der Waals surface area contributed by atoms with E-state index in [0.717, 1.165) is 5.69 Å². The van der Waals surface area contributed by atoms with E-state index in [-0.39, 0.29) is 18.5 Å². The van der Waals surface area contributed by atoms with E-state index in [1.54, 1.807) is 13.2 Å². The number of nitrogens with two attached hydrogens (primary N) is 1. The van der Waals surface area contributed by atoms with Crippen molar-refractivity contribution in [3.8, 4) is 0 Å². The Balaban J connectivity index is 2.72. The predicted molar refractivity (Wildman–Crippen MR) is 59.3 cm³/mol. The van der Waals surface area contributed by atoms with Crippen molar-refractivity contribution >= 4 is 5.69 Å². The quantitative estimate of drug-likeness (QED) is 0.781. The van der Waals surface area contributed by atoms with Gasteiger partial charge in [0, 0.05) is 31.5 Å². The molecule has 1 unspecified atom stereocenters. The second kappa shape index (κ2) is 5.68. The summed E-state index contributed by atoms with van der Waals surface area (Å²) in [5, 5.41) is 3.11. The summed E-state index contributed by atoms with van der Waals surface area (Å²) in [7, 11) is 1.64. The first-order valence-corrected chi connectivity index (χ1v) is 4.93. The van der Waals surface area contributed by atoms with Crippen LogP contribution < -0.4 is 11.1 Å². The lowest BCUT2D eigenvalue weighted by Gasteiger charge is -2.14. The molecule has 0 aliphatic heterocycles. The lowest BCUT2D eigenvalue weighted by atomic mass is 10.1. The molecule has 0 aliphatic rings. The van der Waals surface area contributed by atoms with Crippen molar-refractivity contribution in [2.24, 2.45) is 5.73 Å². The van der Waals surface area contributed by atoms with Crippen LogP contribution in [0.3, 0.4) is 0 Å².